The van der Waals surface area contributed by atoms with E-state index in [4.69, 9.17) is 4.74 Å². The summed E-state index contributed by atoms with van der Waals surface area (Å²) in [6, 6.07) is 12.6. The molecule has 0 bridgehead atoms. The number of halogens is 2. The number of nitrogens with one attached hydrogen (secondary N) is 1. The van der Waals surface area contributed by atoms with Crippen LogP contribution < -0.4 is 14.4 Å². The number of ether oxygens (including phenoxy) is 1. The topological polar surface area (TPSA) is 58.6 Å². The highest BCUT2D eigenvalue weighted by atomic mass is 35.5. The van der Waals surface area contributed by atoms with Gasteiger partial charge in [-0.25, -0.2) is 17.1 Å². The van der Waals surface area contributed by atoms with Crippen molar-refractivity contribution in [3.05, 3.63) is 54.3 Å². The molecule has 1 aliphatic rings. The molecule has 0 aromatic heterocycles. The van der Waals surface area contributed by atoms with Crippen LogP contribution in [-0.4, -0.2) is 27.4 Å². The number of hydrogen-bond acceptors (Lipinski definition) is 4. The van der Waals surface area contributed by atoms with E-state index in [1.165, 1.54) is 22.5 Å². The van der Waals surface area contributed by atoms with Crippen molar-refractivity contribution in [3.8, 4) is 5.75 Å². The van der Waals surface area contributed by atoms with Crippen molar-refractivity contribution in [2.24, 2.45) is 0 Å². The first kappa shape index (κ1) is 19.5. The second-order valence-electron chi connectivity index (χ2n) is 5.55. The van der Waals surface area contributed by atoms with Crippen LogP contribution in [0, 0.1) is 5.82 Å². The van der Waals surface area contributed by atoms with Crippen molar-refractivity contribution in [1.29, 1.82) is 0 Å². The Hall–Kier alpha value is -1.83. The van der Waals surface area contributed by atoms with Crippen LogP contribution >= 0.6 is 12.4 Å². The van der Waals surface area contributed by atoms with Gasteiger partial charge in [-0.2, -0.15) is 0 Å². The second-order valence-corrected chi connectivity index (χ2v) is 7.47. The largest absolute Gasteiger partial charge is 0.470 e. The van der Waals surface area contributed by atoms with E-state index in [1.807, 2.05) is 7.05 Å². The highest BCUT2D eigenvalue weighted by Crippen LogP contribution is 2.43. The predicted molar refractivity (Wildman–Crippen MR) is 98.7 cm³/mol. The minimum Gasteiger partial charge on any atom is -0.470 e. The van der Waals surface area contributed by atoms with E-state index in [0.29, 0.717) is 30.8 Å². The summed E-state index contributed by atoms with van der Waals surface area (Å²) in [5.41, 5.74) is -0.332. The van der Waals surface area contributed by atoms with Crippen molar-refractivity contribution in [1.82, 2.24) is 5.32 Å². The van der Waals surface area contributed by atoms with Crippen LogP contribution in [0.4, 0.5) is 15.8 Å². The van der Waals surface area contributed by atoms with E-state index in [0.717, 1.165) is 0 Å². The first-order valence-corrected chi connectivity index (χ1v) is 9.24. The van der Waals surface area contributed by atoms with Crippen molar-refractivity contribution < 1.29 is 17.5 Å². The highest BCUT2D eigenvalue weighted by molar-refractivity contribution is 7.93. The molecule has 2 aromatic rings. The smallest absolute Gasteiger partial charge is 0.277 e. The number of fused-ring (bicyclic) bond motifs is 1. The molecule has 5 nitrogen and oxygen atoms in total. The summed E-state index contributed by atoms with van der Waals surface area (Å²) in [5.74, 6) is -0.147. The van der Waals surface area contributed by atoms with Crippen molar-refractivity contribution in [2.45, 2.75) is 18.3 Å². The normalized spacial score (nSPS) is 18.0. The lowest BCUT2D eigenvalue weighted by Gasteiger charge is -2.35. The molecule has 1 heterocycles. The van der Waals surface area contributed by atoms with Gasteiger partial charge in [-0.3, -0.25) is 0 Å². The minimum absolute atomic E-state index is 0. The lowest BCUT2D eigenvalue weighted by molar-refractivity contribution is 0.254. The van der Waals surface area contributed by atoms with Gasteiger partial charge in [0, 0.05) is 12.5 Å². The molecule has 8 heteroatoms. The maximum Gasteiger partial charge on any atom is 0.277 e. The molecular weight excluding hydrogens is 367 g/mol. The fourth-order valence-corrected chi connectivity index (χ4v) is 4.47. The molecule has 1 unspecified atom stereocenters. The lowest BCUT2D eigenvalue weighted by atomic mass is 10.2. The number of para-hydroxylation sites is 1. The zero-order valence-corrected chi connectivity index (χ0v) is 15.3. The molecule has 2 aromatic carbocycles. The van der Waals surface area contributed by atoms with Crippen LogP contribution in [0.25, 0.3) is 0 Å². The van der Waals surface area contributed by atoms with Gasteiger partial charge in [0.2, 0.25) is 5.44 Å². The van der Waals surface area contributed by atoms with E-state index in [-0.39, 0.29) is 18.1 Å². The zero-order chi connectivity index (χ0) is 17.2. The Labute approximate surface area is 153 Å². The molecule has 0 fully saturated rings. The SMILES string of the molecule is CNCCCC1Oc2ccc(F)cc2N(c2ccccc2)S1(=O)=O.Cl. The second kappa shape index (κ2) is 8.03. The average molecular weight is 387 g/mol. The van der Waals surface area contributed by atoms with E-state index in [9.17, 15) is 12.8 Å². The molecule has 1 N–H and O–H groups in total. The summed E-state index contributed by atoms with van der Waals surface area (Å²) in [4.78, 5) is 0. The highest BCUT2D eigenvalue weighted by Gasteiger charge is 2.41. The van der Waals surface area contributed by atoms with Gasteiger partial charge in [0.1, 0.15) is 17.3 Å². The summed E-state index contributed by atoms with van der Waals surface area (Å²) >= 11 is 0. The van der Waals surface area contributed by atoms with Crippen LogP contribution in [0.2, 0.25) is 0 Å². The quantitative estimate of drug-likeness (QED) is 0.800. The zero-order valence-electron chi connectivity index (χ0n) is 13.7. The molecule has 1 aliphatic heterocycles. The third-order valence-corrected chi connectivity index (χ3v) is 5.76. The molecule has 0 aliphatic carbocycles. The molecule has 25 heavy (non-hydrogen) atoms. The van der Waals surface area contributed by atoms with Gasteiger partial charge < -0.3 is 10.1 Å². The number of rotatable bonds is 5. The Morgan fingerprint density at radius 1 is 1.20 bits per heavy atom. The molecule has 136 valence electrons. The van der Waals surface area contributed by atoms with E-state index in [2.05, 4.69) is 5.32 Å². The summed E-state index contributed by atoms with van der Waals surface area (Å²) in [6.45, 7) is 0.691. The van der Waals surface area contributed by atoms with Gasteiger partial charge >= 0.3 is 0 Å². The molecule has 0 amide bonds. The standard InChI is InChI=1S/C17H19FN2O3S.ClH/c1-19-11-5-8-17-23-16-10-9-13(18)12-15(16)20(24(17,21)22)14-6-3-2-4-7-14;/h2-4,6-7,9-10,12,17,19H,5,8,11H2,1H3;1H. The summed E-state index contributed by atoms with van der Waals surface area (Å²) < 4.78 is 46.6. The third kappa shape index (κ3) is 3.89. The van der Waals surface area contributed by atoms with Gasteiger partial charge in [0.05, 0.1) is 5.69 Å². The van der Waals surface area contributed by atoms with Crippen molar-refractivity contribution in [2.75, 3.05) is 17.9 Å². The van der Waals surface area contributed by atoms with E-state index >= 15 is 0 Å². The van der Waals surface area contributed by atoms with Crippen LogP contribution in [0.5, 0.6) is 5.75 Å². The van der Waals surface area contributed by atoms with Gasteiger partial charge in [-0.15, -0.1) is 12.4 Å². The molecule has 0 saturated carbocycles. The lowest BCUT2D eigenvalue weighted by Crippen LogP contribution is -2.43. The Bertz CT molecular complexity index is 818. The first-order valence-electron chi connectivity index (χ1n) is 7.74. The maximum atomic E-state index is 13.7. The number of sulfonamides is 1. The Morgan fingerprint density at radius 2 is 1.92 bits per heavy atom. The molecule has 0 saturated heterocycles. The number of nitrogens with zero attached hydrogens (tertiary/aromatic N) is 1. The predicted octanol–water partition coefficient (Wildman–Crippen LogP) is 3.43. The average Bonchev–Trinajstić information content (AvgIpc) is 2.56. The van der Waals surface area contributed by atoms with E-state index in [1.54, 1.807) is 30.3 Å². The Kier molecular flexibility index (Phi) is 6.26. The Morgan fingerprint density at radius 3 is 2.60 bits per heavy atom. The summed E-state index contributed by atoms with van der Waals surface area (Å²) in [5, 5.41) is 2.99. The molecule has 0 spiro atoms. The minimum atomic E-state index is -3.81. The van der Waals surface area contributed by atoms with Crippen LogP contribution in [0.3, 0.4) is 0 Å². The fourth-order valence-electron chi connectivity index (χ4n) is 2.71. The number of anilines is 2. The van der Waals surface area contributed by atoms with Crippen LogP contribution in [-0.2, 0) is 10.0 Å². The molecule has 0 radical (unpaired) electrons. The summed E-state index contributed by atoms with van der Waals surface area (Å²) in [7, 11) is -2.00. The maximum absolute atomic E-state index is 13.7. The van der Waals surface area contributed by atoms with Crippen molar-refractivity contribution in [3.63, 3.8) is 0 Å². The van der Waals surface area contributed by atoms with Gasteiger partial charge in [-0.05, 0) is 44.3 Å². The first-order chi connectivity index (χ1) is 11.5. The Balaban J connectivity index is 0.00000225. The van der Waals surface area contributed by atoms with Gasteiger partial charge in [0.15, 0.2) is 0 Å². The van der Waals surface area contributed by atoms with E-state index < -0.39 is 21.3 Å². The van der Waals surface area contributed by atoms with Gasteiger partial charge in [-0.1, -0.05) is 18.2 Å². The third-order valence-electron chi connectivity index (χ3n) is 3.84. The number of hydrogen-bond donors (Lipinski definition) is 1. The molecule has 1 atom stereocenters. The number of benzene rings is 2. The summed E-state index contributed by atoms with van der Waals surface area (Å²) in [6.07, 6.45) is 1.00. The van der Waals surface area contributed by atoms with Crippen LogP contribution in [0.15, 0.2) is 48.5 Å². The molecular formula is C17H20ClFN2O3S. The fraction of sp³-hybridized carbons (Fsp3) is 0.294. The van der Waals surface area contributed by atoms with Crippen LogP contribution in [0.1, 0.15) is 12.8 Å². The van der Waals surface area contributed by atoms with Gasteiger partial charge in [0.25, 0.3) is 10.0 Å². The monoisotopic (exact) mass is 386 g/mol. The van der Waals surface area contributed by atoms with Crippen molar-refractivity contribution >= 4 is 33.8 Å². The molecule has 3 rings (SSSR count).